The van der Waals surface area contributed by atoms with Crippen molar-refractivity contribution in [2.75, 3.05) is 13.1 Å². The molecule has 0 aromatic carbocycles. The van der Waals surface area contributed by atoms with Gasteiger partial charge >= 0.3 is 0 Å². The summed E-state index contributed by atoms with van der Waals surface area (Å²) in [5.74, 6) is -0.0625. The molecule has 0 bridgehead atoms. The Balaban J connectivity index is 2.73. The van der Waals surface area contributed by atoms with Crippen LogP contribution in [0.3, 0.4) is 0 Å². The van der Waals surface area contributed by atoms with Crippen LogP contribution in [0.25, 0.3) is 0 Å². The van der Waals surface area contributed by atoms with E-state index in [1.807, 2.05) is 13.0 Å². The third-order valence-electron chi connectivity index (χ3n) is 2.43. The first-order chi connectivity index (χ1) is 6.47. The van der Waals surface area contributed by atoms with Gasteiger partial charge in [0, 0.05) is 13.1 Å². The molecule has 0 radical (unpaired) electrons. The fourth-order valence-corrected chi connectivity index (χ4v) is 1.53. The van der Waals surface area contributed by atoms with Crippen molar-refractivity contribution in [2.24, 2.45) is 5.41 Å². The topological polar surface area (TPSA) is 44.1 Å². The van der Waals surface area contributed by atoms with Crippen molar-refractivity contribution in [3.8, 4) is 6.07 Å². The van der Waals surface area contributed by atoms with Gasteiger partial charge in [0.05, 0.1) is 6.07 Å². The molecule has 0 N–H and O–H groups in total. The second kappa shape index (κ2) is 3.83. The molecule has 0 aliphatic carbocycles. The maximum Gasteiger partial charge on any atom is 0.242 e. The maximum absolute atomic E-state index is 11.9. The minimum atomic E-state index is -0.891. The normalized spacial score (nSPS) is 17.3. The summed E-state index contributed by atoms with van der Waals surface area (Å²) < 4.78 is 0. The molecule has 0 aromatic rings. The van der Waals surface area contributed by atoms with E-state index in [2.05, 4.69) is 6.08 Å². The molecular weight excluding hydrogens is 176 g/mol. The van der Waals surface area contributed by atoms with E-state index in [1.165, 1.54) is 5.57 Å². The van der Waals surface area contributed by atoms with Gasteiger partial charge in [-0.3, -0.25) is 4.79 Å². The van der Waals surface area contributed by atoms with Gasteiger partial charge in [-0.1, -0.05) is 11.6 Å². The Morgan fingerprint density at radius 2 is 2.29 bits per heavy atom. The lowest BCUT2D eigenvalue weighted by Gasteiger charge is -2.30. The van der Waals surface area contributed by atoms with Crippen molar-refractivity contribution in [1.29, 1.82) is 5.26 Å². The number of nitriles is 1. The Kier molecular flexibility index (Phi) is 2.95. The molecule has 14 heavy (non-hydrogen) atoms. The molecule has 1 aliphatic heterocycles. The number of hydrogen-bond donors (Lipinski definition) is 0. The van der Waals surface area contributed by atoms with Gasteiger partial charge in [0.15, 0.2) is 0 Å². The van der Waals surface area contributed by atoms with Crippen molar-refractivity contribution >= 4 is 5.91 Å². The van der Waals surface area contributed by atoms with Gasteiger partial charge in [-0.25, -0.2) is 0 Å². The van der Waals surface area contributed by atoms with E-state index in [1.54, 1.807) is 18.7 Å². The Labute approximate surface area is 85.0 Å². The maximum atomic E-state index is 11.9. The van der Waals surface area contributed by atoms with Crippen LogP contribution in [-0.2, 0) is 4.79 Å². The first-order valence-electron chi connectivity index (χ1n) is 4.83. The number of amides is 1. The smallest absolute Gasteiger partial charge is 0.242 e. The van der Waals surface area contributed by atoms with Crippen LogP contribution in [0.2, 0.25) is 0 Å². The van der Waals surface area contributed by atoms with Crippen molar-refractivity contribution in [3.63, 3.8) is 0 Å². The summed E-state index contributed by atoms with van der Waals surface area (Å²) in [5, 5.41) is 8.85. The monoisotopic (exact) mass is 192 g/mol. The van der Waals surface area contributed by atoms with E-state index >= 15 is 0 Å². The largest absolute Gasteiger partial charge is 0.337 e. The molecule has 1 amide bonds. The molecular formula is C11H16N2O. The fourth-order valence-electron chi connectivity index (χ4n) is 1.53. The van der Waals surface area contributed by atoms with Crippen LogP contribution in [0, 0.1) is 16.7 Å². The number of carbonyl (C=O) groups excluding carboxylic acids is 1. The minimum Gasteiger partial charge on any atom is -0.337 e. The Hall–Kier alpha value is -1.30. The van der Waals surface area contributed by atoms with E-state index in [4.69, 9.17) is 5.26 Å². The number of nitrogens with zero attached hydrogens (tertiary/aromatic N) is 2. The highest BCUT2D eigenvalue weighted by molar-refractivity contribution is 5.84. The summed E-state index contributed by atoms with van der Waals surface area (Å²) in [4.78, 5) is 13.6. The molecule has 76 valence electrons. The zero-order chi connectivity index (χ0) is 10.8. The molecule has 0 unspecified atom stereocenters. The third kappa shape index (κ3) is 2.14. The SMILES string of the molecule is CC1=CCCN(C(=O)C(C)(C)C#N)C1. The highest BCUT2D eigenvalue weighted by Gasteiger charge is 2.32. The molecule has 0 saturated carbocycles. The van der Waals surface area contributed by atoms with Gasteiger partial charge in [0.1, 0.15) is 5.41 Å². The summed E-state index contributed by atoms with van der Waals surface area (Å²) in [6.45, 7) is 6.76. The lowest BCUT2D eigenvalue weighted by Crippen LogP contribution is -2.42. The molecule has 0 spiro atoms. The Bertz CT molecular complexity index is 310. The van der Waals surface area contributed by atoms with E-state index in [0.717, 1.165) is 13.0 Å². The van der Waals surface area contributed by atoms with Crippen LogP contribution in [0.15, 0.2) is 11.6 Å². The summed E-state index contributed by atoms with van der Waals surface area (Å²) in [7, 11) is 0. The summed E-state index contributed by atoms with van der Waals surface area (Å²) in [6.07, 6.45) is 3.04. The van der Waals surface area contributed by atoms with Gasteiger partial charge in [0.2, 0.25) is 5.91 Å². The van der Waals surface area contributed by atoms with Gasteiger partial charge in [-0.15, -0.1) is 0 Å². The van der Waals surface area contributed by atoms with Crippen LogP contribution in [0.4, 0.5) is 0 Å². The summed E-state index contributed by atoms with van der Waals surface area (Å²) in [5.41, 5.74) is 0.316. The highest BCUT2D eigenvalue weighted by atomic mass is 16.2. The molecule has 3 nitrogen and oxygen atoms in total. The predicted octanol–water partition coefficient (Wildman–Crippen LogP) is 1.71. The van der Waals surface area contributed by atoms with Crippen molar-refractivity contribution < 1.29 is 4.79 Å². The zero-order valence-electron chi connectivity index (χ0n) is 9.00. The highest BCUT2D eigenvalue weighted by Crippen LogP contribution is 2.20. The van der Waals surface area contributed by atoms with Crippen LogP contribution >= 0.6 is 0 Å². The molecule has 3 heteroatoms. The van der Waals surface area contributed by atoms with Gasteiger partial charge in [0.25, 0.3) is 0 Å². The average Bonchev–Trinajstić information content (AvgIpc) is 2.16. The lowest BCUT2D eigenvalue weighted by atomic mass is 9.93. The second-order valence-electron chi connectivity index (χ2n) is 4.30. The first kappa shape index (κ1) is 10.8. The number of carbonyl (C=O) groups is 1. The van der Waals surface area contributed by atoms with Crippen LogP contribution in [0.1, 0.15) is 27.2 Å². The molecule has 1 aliphatic rings. The van der Waals surface area contributed by atoms with E-state index in [0.29, 0.717) is 6.54 Å². The van der Waals surface area contributed by atoms with Crippen LogP contribution < -0.4 is 0 Å². The average molecular weight is 192 g/mol. The van der Waals surface area contributed by atoms with Gasteiger partial charge < -0.3 is 4.90 Å². The minimum absolute atomic E-state index is 0.0625. The van der Waals surface area contributed by atoms with E-state index < -0.39 is 5.41 Å². The van der Waals surface area contributed by atoms with Crippen LogP contribution in [-0.4, -0.2) is 23.9 Å². The lowest BCUT2D eigenvalue weighted by molar-refractivity contribution is -0.137. The third-order valence-corrected chi connectivity index (χ3v) is 2.43. The van der Waals surface area contributed by atoms with E-state index in [9.17, 15) is 4.79 Å². The van der Waals surface area contributed by atoms with Crippen molar-refractivity contribution in [3.05, 3.63) is 11.6 Å². The predicted molar refractivity (Wildman–Crippen MR) is 54.3 cm³/mol. The summed E-state index contributed by atoms with van der Waals surface area (Å²) in [6, 6.07) is 2.04. The fraction of sp³-hybridized carbons (Fsp3) is 0.636. The molecule has 0 atom stereocenters. The standard InChI is InChI=1S/C11H16N2O/c1-9-5-4-6-13(7-9)10(14)11(2,3)8-12/h5H,4,6-7H2,1-3H3. The number of hydrogen-bond acceptors (Lipinski definition) is 2. The second-order valence-corrected chi connectivity index (χ2v) is 4.30. The molecule has 1 rings (SSSR count). The number of rotatable bonds is 1. The van der Waals surface area contributed by atoms with Gasteiger partial charge in [-0.05, 0) is 27.2 Å². The van der Waals surface area contributed by atoms with Crippen LogP contribution in [0.5, 0.6) is 0 Å². The molecule has 0 saturated heterocycles. The Morgan fingerprint density at radius 3 is 2.79 bits per heavy atom. The van der Waals surface area contributed by atoms with E-state index in [-0.39, 0.29) is 5.91 Å². The molecule has 0 fully saturated rings. The molecule has 0 aromatic heterocycles. The first-order valence-corrected chi connectivity index (χ1v) is 4.83. The Morgan fingerprint density at radius 1 is 1.64 bits per heavy atom. The van der Waals surface area contributed by atoms with Crippen molar-refractivity contribution in [1.82, 2.24) is 4.90 Å². The summed E-state index contributed by atoms with van der Waals surface area (Å²) >= 11 is 0. The van der Waals surface area contributed by atoms with Gasteiger partial charge in [-0.2, -0.15) is 5.26 Å². The van der Waals surface area contributed by atoms with Crippen molar-refractivity contribution in [2.45, 2.75) is 27.2 Å². The zero-order valence-corrected chi connectivity index (χ0v) is 9.00. The quantitative estimate of drug-likeness (QED) is 0.594. The molecule has 1 heterocycles.